The van der Waals surface area contributed by atoms with Crippen LogP contribution in [0.25, 0.3) is 21.9 Å². The lowest BCUT2D eigenvalue weighted by Crippen LogP contribution is -2.33. The minimum atomic E-state index is 0.183. The van der Waals surface area contributed by atoms with Crippen LogP contribution in [0.3, 0.4) is 0 Å². The zero-order valence-electron chi connectivity index (χ0n) is 21.5. The topological polar surface area (TPSA) is 50.3 Å². The average molecular weight is 522 g/mol. The van der Waals surface area contributed by atoms with Gasteiger partial charge in [0.1, 0.15) is 5.78 Å². The van der Waals surface area contributed by atoms with Crippen molar-refractivity contribution in [1.29, 1.82) is 0 Å². The third kappa shape index (κ3) is 6.77. The summed E-state index contributed by atoms with van der Waals surface area (Å²) in [4.78, 5) is 30.2. The van der Waals surface area contributed by atoms with Crippen LogP contribution in [0.5, 0.6) is 0 Å². The highest BCUT2D eigenvalue weighted by Gasteiger charge is 2.19. The summed E-state index contributed by atoms with van der Waals surface area (Å²) in [5.74, 6) is 0.809. The van der Waals surface area contributed by atoms with Crippen LogP contribution in [0.15, 0.2) is 79.1 Å². The first-order valence-electron chi connectivity index (χ1n) is 13.3. The standard InChI is InChI=1S/C32H31BClN2O2/c34-29-9-4-24(5-10-29)16-30(38)15-23-1-6-27(7-2-23)32-20-35-19-28-8-3-26(17-31(28)32)21-36-13-11-25(12-14-36)18-33-22-37/h1-10,17,19-20,22,25H,11-16,18,21H2. The second-order valence-electron chi connectivity index (χ2n) is 10.3. The molecule has 4 aromatic rings. The molecule has 4 nitrogen and oxygen atoms in total. The normalized spacial score (nSPS) is 14.4. The lowest BCUT2D eigenvalue weighted by molar-refractivity contribution is -0.117. The number of Topliss-reactive ketones (excluding diaryl/α,β-unsaturated/α-hetero) is 1. The van der Waals surface area contributed by atoms with E-state index in [1.165, 1.54) is 10.9 Å². The molecule has 0 bridgehead atoms. The maximum Gasteiger partial charge on any atom is 0.197 e. The molecule has 0 aliphatic carbocycles. The number of rotatable bonds is 10. The predicted octanol–water partition coefficient (Wildman–Crippen LogP) is 6.43. The molecule has 1 radical (unpaired) electrons. The van der Waals surface area contributed by atoms with Gasteiger partial charge in [-0.2, -0.15) is 0 Å². The molecule has 0 atom stereocenters. The third-order valence-electron chi connectivity index (χ3n) is 7.48. The summed E-state index contributed by atoms with van der Waals surface area (Å²) in [6.07, 6.45) is 8.77. The Labute approximate surface area is 230 Å². The lowest BCUT2D eigenvalue weighted by atomic mass is 9.69. The molecule has 0 saturated carbocycles. The number of benzene rings is 3. The Morgan fingerprint density at radius 2 is 1.58 bits per heavy atom. The fourth-order valence-electron chi connectivity index (χ4n) is 5.35. The molecule has 5 rings (SSSR count). The van der Waals surface area contributed by atoms with E-state index in [0.717, 1.165) is 72.6 Å². The maximum absolute atomic E-state index is 12.6. The van der Waals surface area contributed by atoms with Crippen molar-refractivity contribution in [3.8, 4) is 11.1 Å². The summed E-state index contributed by atoms with van der Waals surface area (Å²) in [6, 6.07) is 22.4. The van der Waals surface area contributed by atoms with E-state index >= 15 is 0 Å². The minimum Gasteiger partial charge on any atom is -0.316 e. The maximum atomic E-state index is 12.6. The highest BCUT2D eigenvalue weighted by atomic mass is 35.5. The van der Waals surface area contributed by atoms with Crippen LogP contribution in [0.2, 0.25) is 11.3 Å². The number of aromatic nitrogens is 1. The summed E-state index contributed by atoms with van der Waals surface area (Å²) in [7, 11) is 1.75. The highest BCUT2D eigenvalue weighted by molar-refractivity contribution is 6.66. The quantitative estimate of drug-likeness (QED) is 0.178. The molecule has 2 heterocycles. The van der Waals surface area contributed by atoms with Crippen molar-refractivity contribution < 1.29 is 9.59 Å². The lowest BCUT2D eigenvalue weighted by Gasteiger charge is -2.31. The van der Waals surface area contributed by atoms with Crippen LogP contribution in [-0.4, -0.2) is 42.2 Å². The van der Waals surface area contributed by atoms with Gasteiger partial charge < -0.3 is 4.79 Å². The van der Waals surface area contributed by atoms with Gasteiger partial charge in [0.2, 0.25) is 0 Å². The molecule has 0 N–H and O–H groups in total. The molecular weight excluding hydrogens is 491 g/mol. The molecular formula is C32H31BClN2O2. The van der Waals surface area contributed by atoms with Crippen LogP contribution in [0.1, 0.15) is 29.5 Å². The Morgan fingerprint density at radius 1 is 0.921 bits per heavy atom. The Kier molecular flexibility index (Phi) is 8.67. The van der Waals surface area contributed by atoms with Gasteiger partial charge in [0, 0.05) is 47.8 Å². The van der Waals surface area contributed by atoms with Crippen molar-refractivity contribution in [2.75, 3.05) is 13.1 Å². The first-order valence-corrected chi connectivity index (χ1v) is 13.7. The molecule has 0 spiro atoms. The minimum absolute atomic E-state index is 0.183. The Balaban J connectivity index is 1.26. The summed E-state index contributed by atoms with van der Waals surface area (Å²) in [5.41, 5.74) is 5.49. The summed E-state index contributed by atoms with van der Waals surface area (Å²) >= 11 is 5.95. The molecule has 3 aromatic carbocycles. The summed E-state index contributed by atoms with van der Waals surface area (Å²) in [5, 5.41) is 2.99. The van der Waals surface area contributed by atoms with Gasteiger partial charge in [0.05, 0.1) is 6.19 Å². The number of ketones is 1. The molecule has 1 fully saturated rings. The first kappa shape index (κ1) is 26.3. The van der Waals surface area contributed by atoms with Crippen molar-refractivity contribution in [3.63, 3.8) is 0 Å². The van der Waals surface area contributed by atoms with E-state index in [9.17, 15) is 9.59 Å². The van der Waals surface area contributed by atoms with Gasteiger partial charge in [-0.05, 0) is 77.7 Å². The number of piperidine rings is 1. The Bertz CT molecular complexity index is 1400. The number of hydrogen-bond donors (Lipinski definition) is 0. The zero-order chi connectivity index (χ0) is 26.3. The summed E-state index contributed by atoms with van der Waals surface area (Å²) in [6.45, 7) is 3.06. The fraction of sp³-hybridized carbons (Fsp3) is 0.281. The molecule has 38 heavy (non-hydrogen) atoms. The molecule has 191 valence electrons. The second kappa shape index (κ2) is 12.5. The van der Waals surface area contributed by atoms with E-state index in [4.69, 9.17) is 11.6 Å². The number of fused-ring (bicyclic) bond motifs is 1. The van der Waals surface area contributed by atoms with Crippen molar-refractivity contribution in [2.45, 2.75) is 38.5 Å². The number of pyridine rings is 1. The largest absolute Gasteiger partial charge is 0.316 e. The van der Waals surface area contributed by atoms with Gasteiger partial charge in [-0.25, -0.2) is 0 Å². The van der Waals surface area contributed by atoms with Crippen molar-refractivity contribution in [3.05, 3.63) is 101 Å². The Morgan fingerprint density at radius 3 is 2.26 bits per heavy atom. The molecule has 1 aliphatic heterocycles. The number of halogens is 1. The molecule has 6 heteroatoms. The molecule has 1 aromatic heterocycles. The van der Waals surface area contributed by atoms with Gasteiger partial charge in [-0.15, -0.1) is 0 Å². The van der Waals surface area contributed by atoms with Crippen LogP contribution in [0.4, 0.5) is 0 Å². The number of carbonyl (C=O) groups is 2. The average Bonchev–Trinajstić information content (AvgIpc) is 2.94. The van der Waals surface area contributed by atoms with Crippen LogP contribution >= 0.6 is 11.6 Å². The van der Waals surface area contributed by atoms with Crippen molar-refractivity contribution in [1.82, 2.24) is 9.88 Å². The number of likely N-dealkylation sites (tertiary alicyclic amines) is 1. The third-order valence-corrected chi connectivity index (χ3v) is 7.74. The fourth-order valence-corrected chi connectivity index (χ4v) is 5.47. The van der Waals surface area contributed by atoms with Gasteiger partial charge in [-0.3, -0.25) is 14.7 Å². The van der Waals surface area contributed by atoms with Gasteiger partial charge in [-0.1, -0.05) is 66.5 Å². The number of hydrogen-bond acceptors (Lipinski definition) is 4. The van der Waals surface area contributed by atoms with Crippen LogP contribution in [0, 0.1) is 5.92 Å². The van der Waals surface area contributed by atoms with Gasteiger partial charge in [0.25, 0.3) is 0 Å². The molecule has 1 saturated heterocycles. The van der Waals surface area contributed by atoms with Crippen molar-refractivity contribution >= 4 is 41.6 Å². The summed E-state index contributed by atoms with van der Waals surface area (Å²) < 4.78 is 0. The SMILES string of the molecule is O=C[B]CC1CCN(Cc2ccc3cncc(-c4ccc(CC(=O)Cc5ccc(Cl)cc5)cc4)c3c2)CC1. The van der Waals surface area contributed by atoms with E-state index in [-0.39, 0.29) is 5.78 Å². The molecule has 0 amide bonds. The van der Waals surface area contributed by atoms with E-state index in [2.05, 4.69) is 40.2 Å². The van der Waals surface area contributed by atoms with E-state index in [1.807, 2.05) is 48.8 Å². The van der Waals surface area contributed by atoms with Crippen LogP contribution in [-0.2, 0) is 29.0 Å². The predicted molar refractivity (Wildman–Crippen MR) is 156 cm³/mol. The first-order chi connectivity index (χ1) is 18.6. The smallest absolute Gasteiger partial charge is 0.197 e. The van der Waals surface area contributed by atoms with Gasteiger partial charge in [0.15, 0.2) is 7.28 Å². The van der Waals surface area contributed by atoms with E-state index in [1.54, 1.807) is 7.28 Å². The van der Waals surface area contributed by atoms with Gasteiger partial charge >= 0.3 is 0 Å². The highest BCUT2D eigenvalue weighted by Crippen LogP contribution is 2.30. The monoisotopic (exact) mass is 521 g/mol. The van der Waals surface area contributed by atoms with E-state index < -0.39 is 0 Å². The zero-order valence-corrected chi connectivity index (χ0v) is 22.2. The Hall–Kier alpha value is -3.28. The number of nitrogens with zero attached hydrogens (tertiary/aromatic N) is 2. The van der Waals surface area contributed by atoms with Crippen LogP contribution < -0.4 is 0 Å². The molecule has 1 aliphatic rings. The second-order valence-corrected chi connectivity index (χ2v) is 10.7. The molecule has 0 unspecified atom stereocenters. The van der Waals surface area contributed by atoms with Crippen molar-refractivity contribution in [2.24, 2.45) is 5.92 Å². The van der Waals surface area contributed by atoms with E-state index in [0.29, 0.717) is 23.8 Å². The number of carbonyl (C=O) groups excluding carboxylic acids is 2.